The molecule has 108 valence electrons. The van der Waals surface area contributed by atoms with Crippen LogP contribution in [0.3, 0.4) is 0 Å². The molecule has 1 aromatic rings. The predicted molar refractivity (Wildman–Crippen MR) is 76.3 cm³/mol. The van der Waals surface area contributed by atoms with Crippen LogP contribution in [0, 0.1) is 17.6 Å². The summed E-state index contributed by atoms with van der Waals surface area (Å²) in [6.07, 6.45) is 0.375. The summed E-state index contributed by atoms with van der Waals surface area (Å²) in [6, 6.07) is 2.36. The van der Waals surface area contributed by atoms with E-state index in [1.807, 2.05) is 0 Å². The van der Waals surface area contributed by atoms with Gasteiger partial charge in [0.05, 0.1) is 17.7 Å². The van der Waals surface area contributed by atoms with Crippen LogP contribution in [-0.2, 0) is 11.2 Å². The zero-order valence-corrected chi connectivity index (χ0v) is 12.9. The van der Waals surface area contributed by atoms with Crippen LogP contribution in [0.2, 0.25) is 0 Å². The molecule has 0 spiro atoms. The van der Waals surface area contributed by atoms with Gasteiger partial charge in [-0.25, -0.2) is 8.78 Å². The number of hydrogen-bond donors (Lipinski definition) is 1. The van der Waals surface area contributed by atoms with Gasteiger partial charge in [-0.15, -0.1) is 0 Å². The third kappa shape index (κ3) is 6.45. The van der Waals surface area contributed by atoms with Crippen molar-refractivity contribution in [3.8, 4) is 0 Å². The molecule has 0 saturated heterocycles. The molecule has 1 aromatic carbocycles. The van der Waals surface area contributed by atoms with Crippen molar-refractivity contribution in [1.82, 2.24) is 5.32 Å². The Morgan fingerprint density at radius 2 is 1.95 bits per heavy atom. The number of benzene rings is 1. The monoisotopic (exact) mass is 335 g/mol. The molecule has 0 aliphatic carbocycles. The van der Waals surface area contributed by atoms with Gasteiger partial charge in [-0.3, -0.25) is 0 Å². The first-order valence-electron chi connectivity index (χ1n) is 6.42. The van der Waals surface area contributed by atoms with Crippen LogP contribution in [0.1, 0.15) is 19.4 Å². The second-order valence-electron chi connectivity index (χ2n) is 4.82. The van der Waals surface area contributed by atoms with Crippen LogP contribution in [0.4, 0.5) is 8.78 Å². The topological polar surface area (TPSA) is 21.3 Å². The summed E-state index contributed by atoms with van der Waals surface area (Å²) in [5, 5.41) is 3.25. The Kier molecular flexibility index (Phi) is 7.49. The molecule has 0 amide bonds. The lowest BCUT2D eigenvalue weighted by atomic mass is 10.1. The number of ether oxygens (including phenoxy) is 1. The lowest BCUT2D eigenvalue weighted by molar-refractivity contribution is 0.138. The molecule has 2 nitrogen and oxygen atoms in total. The van der Waals surface area contributed by atoms with Crippen LogP contribution in [-0.4, -0.2) is 26.3 Å². The Hall–Kier alpha value is -0.520. The first-order chi connectivity index (χ1) is 9.00. The average Bonchev–Trinajstić information content (AvgIpc) is 2.33. The summed E-state index contributed by atoms with van der Waals surface area (Å²) < 4.78 is 32.3. The zero-order chi connectivity index (χ0) is 14.3. The zero-order valence-electron chi connectivity index (χ0n) is 11.3. The van der Waals surface area contributed by atoms with E-state index in [-0.39, 0.29) is 4.47 Å². The Balaban J connectivity index is 2.21. The van der Waals surface area contributed by atoms with Gasteiger partial charge in [0.15, 0.2) is 0 Å². The third-order valence-electron chi connectivity index (χ3n) is 2.58. The normalized spacial score (nSPS) is 11.3. The molecule has 1 rings (SSSR count). The molecule has 0 bridgehead atoms. The minimum absolute atomic E-state index is 0.146. The maximum atomic E-state index is 13.5. The van der Waals surface area contributed by atoms with E-state index in [1.165, 1.54) is 6.07 Å². The molecule has 0 aliphatic rings. The van der Waals surface area contributed by atoms with E-state index >= 15 is 0 Å². The van der Waals surface area contributed by atoms with E-state index in [0.29, 0.717) is 31.1 Å². The molecule has 1 N–H and O–H groups in total. The van der Waals surface area contributed by atoms with Crippen molar-refractivity contribution in [2.24, 2.45) is 5.92 Å². The smallest absolute Gasteiger partial charge is 0.137 e. The number of rotatable bonds is 8. The Morgan fingerprint density at radius 3 is 2.63 bits per heavy atom. The molecule has 0 fully saturated rings. The highest BCUT2D eigenvalue weighted by Crippen LogP contribution is 2.20. The van der Waals surface area contributed by atoms with Gasteiger partial charge in [0.25, 0.3) is 0 Å². The van der Waals surface area contributed by atoms with E-state index in [0.717, 1.165) is 19.2 Å². The largest absolute Gasteiger partial charge is 0.380 e. The Labute approximate surface area is 121 Å². The number of nitrogens with one attached hydrogen (secondary N) is 1. The van der Waals surface area contributed by atoms with Crippen molar-refractivity contribution >= 4 is 15.9 Å². The van der Waals surface area contributed by atoms with Crippen LogP contribution >= 0.6 is 15.9 Å². The molecule has 19 heavy (non-hydrogen) atoms. The standard InChI is InChI=1S/C14H20BrF2NO/c1-10(2)9-18-4-6-19-5-3-11-7-14(17)12(15)8-13(11)16/h7-8,10,18H,3-6,9H2,1-2H3. The quantitative estimate of drug-likeness (QED) is 0.579. The lowest BCUT2D eigenvalue weighted by Crippen LogP contribution is -2.24. The SMILES string of the molecule is CC(C)CNCCOCCc1cc(F)c(Br)cc1F. The van der Waals surface area contributed by atoms with Gasteiger partial charge in [0, 0.05) is 6.54 Å². The van der Waals surface area contributed by atoms with Crippen molar-refractivity contribution in [3.05, 3.63) is 33.8 Å². The molecule has 0 aromatic heterocycles. The van der Waals surface area contributed by atoms with Gasteiger partial charge in [-0.1, -0.05) is 13.8 Å². The second-order valence-corrected chi connectivity index (χ2v) is 5.67. The van der Waals surface area contributed by atoms with Gasteiger partial charge in [0.1, 0.15) is 11.6 Å². The third-order valence-corrected chi connectivity index (χ3v) is 3.19. The fraction of sp³-hybridized carbons (Fsp3) is 0.571. The van der Waals surface area contributed by atoms with Crippen molar-refractivity contribution in [2.75, 3.05) is 26.3 Å². The van der Waals surface area contributed by atoms with Gasteiger partial charge < -0.3 is 10.1 Å². The fourth-order valence-electron chi connectivity index (χ4n) is 1.57. The van der Waals surface area contributed by atoms with Gasteiger partial charge in [-0.2, -0.15) is 0 Å². The van der Waals surface area contributed by atoms with E-state index in [1.54, 1.807) is 0 Å². The first-order valence-corrected chi connectivity index (χ1v) is 7.22. The van der Waals surface area contributed by atoms with Crippen molar-refractivity contribution in [2.45, 2.75) is 20.3 Å². The summed E-state index contributed by atoms with van der Waals surface area (Å²) in [5.74, 6) is -0.246. The summed E-state index contributed by atoms with van der Waals surface area (Å²) in [5.41, 5.74) is 0.343. The molecule has 0 atom stereocenters. The highest BCUT2D eigenvalue weighted by Gasteiger charge is 2.07. The highest BCUT2D eigenvalue weighted by molar-refractivity contribution is 9.10. The average molecular weight is 336 g/mol. The predicted octanol–water partition coefficient (Wildman–Crippen LogP) is 3.53. The van der Waals surface area contributed by atoms with E-state index < -0.39 is 11.6 Å². The van der Waals surface area contributed by atoms with Crippen LogP contribution in [0.5, 0.6) is 0 Å². The van der Waals surface area contributed by atoms with E-state index in [2.05, 4.69) is 35.1 Å². The maximum Gasteiger partial charge on any atom is 0.137 e. The fourth-order valence-corrected chi connectivity index (χ4v) is 1.89. The minimum Gasteiger partial charge on any atom is -0.380 e. The molecule has 0 aliphatic heterocycles. The Morgan fingerprint density at radius 1 is 1.21 bits per heavy atom. The highest BCUT2D eigenvalue weighted by atomic mass is 79.9. The van der Waals surface area contributed by atoms with Crippen LogP contribution in [0.15, 0.2) is 16.6 Å². The van der Waals surface area contributed by atoms with Crippen LogP contribution in [0.25, 0.3) is 0 Å². The number of halogens is 3. The van der Waals surface area contributed by atoms with Crippen LogP contribution < -0.4 is 5.32 Å². The summed E-state index contributed by atoms with van der Waals surface area (Å²) in [7, 11) is 0. The molecule has 0 heterocycles. The minimum atomic E-state index is -0.449. The van der Waals surface area contributed by atoms with Gasteiger partial charge in [0.2, 0.25) is 0 Å². The molecular weight excluding hydrogens is 316 g/mol. The van der Waals surface area contributed by atoms with Crippen molar-refractivity contribution < 1.29 is 13.5 Å². The summed E-state index contributed by atoms with van der Waals surface area (Å²) in [4.78, 5) is 0. The maximum absolute atomic E-state index is 13.5. The molecule has 0 unspecified atom stereocenters. The molecule has 0 saturated carbocycles. The van der Waals surface area contributed by atoms with Crippen molar-refractivity contribution in [1.29, 1.82) is 0 Å². The molecule has 5 heteroatoms. The summed E-state index contributed by atoms with van der Waals surface area (Å²) in [6.45, 7) is 6.97. The van der Waals surface area contributed by atoms with Crippen molar-refractivity contribution in [3.63, 3.8) is 0 Å². The molecule has 0 radical (unpaired) electrons. The number of hydrogen-bond acceptors (Lipinski definition) is 2. The van der Waals surface area contributed by atoms with Gasteiger partial charge >= 0.3 is 0 Å². The molecular formula is C14H20BrF2NO. The first kappa shape index (κ1) is 16.5. The van der Waals surface area contributed by atoms with E-state index in [9.17, 15) is 8.78 Å². The Bertz CT molecular complexity index is 399. The van der Waals surface area contributed by atoms with E-state index in [4.69, 9.17) is 4.74 Å². The lowest BCUT2D eigenvalue weighted by Gasteiger charge is -2.08. The summed E-state index contributed by atoms with van der Waals surface area (Å²) >= 11 is 2.95. The van der Waals surface area contributed by atoms with Gasteiger partial charge in [-0.05, 0) is 52.5 Å². The second kappa shape index (κ2) is 8.61.